The molecule has 3 heterocycles. The summed E-state index contributed by atoms with van der Waals surface area (Å²) < 4.78 is 26.9. The average Bonchev–Trinajstić information content (AvgIpc) is 3.16. The number of rotatable bonds is 8. The van der Waals surface area contributed by atoms with Gasteiger partial charge in [-0.05, 0) is 30.4 Å². The van der Waals surface area contributed by atoms with Crippen LogP contribution in [0.2, 0.25) is 0 Å². The number of hydrogen-bond donors (Lipinski definition) is 2. The van der Waals surface area contributed by atoms with Gasteiger partial charge in [0.1, 0.15) is 0 Å². The second kappa shape index (κ2) is 8.91. The van der Waals surface area contributed by atoms with Crippen molar-refractivity contribution < 1.29 is 13.6 Å². The lowest BCUT2D eigenvalue weighted by atomic mass is 10.1. The summed E-state index contributed by atoms with van der Waals surface area (Å²) >= 11 is 3.04. The highest BCUT2D eigenvalue weighted by Gasteiger charge is 2.46. The third-order valence-electron chi connectivity index (χ3n) is 4.84. The van der Waals surface area contributed by atoms with Crippen molar-refractivity contribution in [1.82, 2.24) is 19.9 Å². The van der Waals surface area contributed by atoms with E-state index in [9.17, 15) is 13.6 Å². The molecule has 4 rings (SSSR count). The summed E-state index contributed by atoms with van der Waals surface area (Å²) in [6.45, 7) is 2.47. The molecule has 1 aliphatic rings. The van der Waals surface area contributed by atoms with Gasteiger partial charge in [0.2, 0.25) is 5.95 Å². The van der Waals surface area contributed by atoms with Gasteiger partial charge in [-0.15, -0.1) is 11.8 Å². The Balaban J connectivity index is 1.30. The Kier molecular flexibility index (Phi) is 6.24. The molecule has 0 bridgehead atoms. The van der Waals surface area contributed by atoms with Crippen LogP contribution in [0.15, 0.2) is 35.5 Å². The highest BCUT2D eigenvalue weighted by molar-refractivity contribution is 7.98. The molecule has 1 atom stereocenters. The van der Waals surface area contributed by atoms with Gasteiger partial charge in [-0.2, -0.15) is 0 Å². The van der Waals surface area contributed by atoms with Gasteiger partial charge in [0.15, 0.2) is 5.13 Å². The molecule has 1 aliphatic heterocycles. The summed E-state index contributed by atoms with van der Waals surface area (Å²) in [4.78, 5) is 27.6. The first-order valence-corrected chi connectivity index (χ1v) is 11.8. The van der Waals surface area contributed by atoms with Crippen LogP contribution in [0.1, 0.15) is 17.3 Å². The largest absolute Gasteiger partial charge is 0.361 e. The van der Waals surface area contributed by atoms with E-state index in [-0.39, 0.29) is 5.91 Å². The molecule has 2 aromatic heterocycles. The van der Waals surface area contributed by atoms with Crippen LogP contribution < -0.4 is 10.6 Å². The van der Waals surface area contributed by atoms with Gasteiger partial charge in [-0.3, -0.25) is 4.79 Å². The molecule has 7 nitrogen and oxygen atoms in total. The lowest BCUT2D eigenvalue weighted by Crippen LogP contribution is -2.58. The van der Waals surface area contributed by atoms with Crippen molar-refractivity contribution in [3.8, 4) is 0 Å². The summed E-state index contributed by atoms with van der Waals surface area (Å²) in [5, 5.41) is 7.30. The summed E-state index contributed by atoms with van der Waals surface area (Å²) in [6.07, 6.45) is 5.56. The minimum absolute atomic E-state index is 0.293. The number of nitrogens with one attached hydrogen (secondary N) is 2. The molecule has 3 aromatic rings. The van der Waals surface area contributed by atoms with Crippen LogP contribution >= 0.6 is 23.1 Å². The summed E-state index contributed by atoms with van der Waals surface area (Å²) in [6, 6.07) is 5.11. The molecule has 1 aromatic carbocycles. The lowest BCUT2D eigenvalue weighted by Gasteiger charge is -2.38. The molecule has 2 N–H and O–H groups in total. The van der Waals surface area contributed by atoms with Crippen molar-refractivity contribution in [3.63, 3.8) is 0 Å². The second-order valence-electron chi connectivity index (χ2n) is 7.53. The van der Waals surface area contributed by atoms with Gasteiger partial charge in [-0.25, -0.2) is 23.7 Å². The molecule has 11 heteroatoms. The molecule has 0 spiro atoms. The van der Waals surface area contributed by atoms with Gasteiger partial charge in [0, 0.05) is 35.9 Å². The molecule has 0 radical (unpaired) electrons. The molecule has 164 valence electrons. The molecular weight excluding hydrogens is 442 g/mol. The Morgan fingerprint density at radius 3 is 2.65 bits per heavy atom. The number of benzene rings is 1. The highest BCUT2D eigenvalue weighted by atomic mass is 32.2. The van der Waals surface area contributed by atoms with Gasteiger partial charge >= 0.3 is 0 Å². The SMILES string of the molecule is CSc1cnc(NC[C@H](C)CNc2nc3ccc(C(=O)N4CC(F)(F)C4)cc3s2)nc1. The van der Waals surface area contributed by atoms with E-state index >= 15 is 0 Å². The molecule has 1 amide bonds. The number of carbonyl (C=O) groups excluding carboxylic acids is 1. The van der Waals surface area contributed by atoms with Crippen molar-refractivity contribution in [2.45, 2.75) is 17.7 Å². The molecular formula is C20H22F2N6OS2. The topological polar surface area (TPSA) is 83.0 Å². The Morgan fingerprint density at radius 1 is 1.26 bits per heavy atom. The van der Waals surface area contributed by atoms with E-state index in [0.717, 1.165) is 25.1 Å². The van der Waals surface area contributed by atoms with Gasteiger partial charge in [0.05, 0.1) is 23.3 Å². The maximum Gasteiger partial charge on any atom is 0.282 e. The van der Waals surface area contributed by atoms with E-state index in [2.05, 4.69) is 32.5 Å². The number of thioether (sulfide) groups is 1. The summed E-state index contributed by atoms with van der Waals surface area (Å²) in [5.41, 5.74) is 1.18. The maximum absolute atomic E-state index is 13.0. The van der Waals surface area contributed by atoms with Crippen molar-refractivity contribution in [2.75, 3.05) is 43.1 Å². The van der Waals surface area contributed by atoms with Crippen LogP contribution in [0, 0.1) is 5.92 Å². The van der Waals surface area contributed by atoms with Crippen LogP contribution in [0.5, 0.6) is 0 Å². The number of carbonyl (C=O) groups is 1. The average molecular weight is 465 g/mol. The lowest BCUT2D eigenvalue weighted by molar-refractivity contribution is -0.113. The summed E-state index contributed by atoms with van der Waals surface area (Å²) in [5.74, 6) is -2.25. The molecule has 1 fully saturated rings. The Hall–Kier alpha value is -2.53. The minimum Gasteiger partial charge on any atom is -0.361 e. The first-order chi connectivity index (χ1) is 14.8. The quantitative estimate of drug-likeness (QED) is 0.487. The fourth-order valence-corrected chi connectivity index (χ4v) is 4.31. The molecule has 1 saturated heterocycles. The molecule has 31 heavy (non-hydrogen) atoms. The van der Waals surface area contributed by atoms with Gasteiger partial charge in [0.25, 0.3) is 11.8 Å². The van der Waals surface area contributed by atoms with Crippen LogP contribution in [0.25, 0.3) is 10.2 Å². The number of hydrogen-bond acceptors (Lipinski definition) is 8. The zero-order valence-corrected chi connectivity index (χ0v) is 18.7. The zero-order chi connectivity index (χ0) is 22.0. The van der Waals surface area contributed by atoms with Crippen molar-refractivity contribution >= 4 is 50.3 Å². The zero-order valence-electron chi connectivity index (χ0n) is 17.1. The predicted molar refractivity (Wildman–Crippen MR) is 120 cm³/mol. The van der Waals surface area contributed by atoms with Crippen molar-refractivity contribution in [3.05, 3.63) is 36.2 Å². The van der Waals surface area contributed by atoms with Crippen LogP contribution in [0.3, 0.4) is 0 Å². The van der Waals surface area contributed by atoms with E-state index in [1.807, 2.05) is 6.26 Å². The summed E-state index contributed by atoms with van der Waals surface area (Å²) in [7, 11) is 0. The van der Waals surface area contributed by atoms with Gasteiger partial charge in [-0.1, -0.05) is 18.3 Å². The van der Waals surface area contributed by atoms with E-state index in [4.69, 9.17) is 0 Å². The number of nitrogens with zero attached hydrogens (tertiary/aromatic N) is 4. The number of amides is 1. The molecule has 0 aliphatic carbocycles. The fourth-order valence-electron chi connectivity index (χ4n) is 3.08. The first kappa shape index (κ1) is 21.7. The monoisotopic (exact) mass is 464 g/mol. The number of thiazole rings is 1. The predicted octanol–water partition coefficient (Wildman–Crippen LogP) is 4.06. The van der Waals surface area contributed by atoms with Crippen LogP contribution in [-0.2, 0) is 0 Å². The van der Waals surface area contributed by atoms with E-state index in [1.54, 1.807) is 42.4 Å². The van der Waals surface area contributed by atoms with Crippen molar-refractivity contribution in [1.29, 1.82) is 0 Å². The van der Waals surface area contributed by atoms with Crippen molar-refractivity contribution in [2.24, 2.45) is 5.92 Å². The van der Waals surface area contributed by atoms with Gasteiger partial charge < -0.3 is 15.5 Å². The normalized spacial score (nSPS) is 16.1. The molecule has 0 unspecified atom stereocenters. The highest BCUT2D eigenvalue weighted by Crippen LogP contribution is 2.31. The van der Waals surface area contributed by atoms with E-state index in [0.29, 0.717) is 30.5 Å². The second-order valence-corrected chi connectivity index (χ2v) is 9.44. The smallest absolute Gasteiger partial charge is 0.282 e. The van der Waals surface area contributed by atoms with Crippen LogP contribution in [-0.4, -0.2) is 64.1 Å². The number of anilines is 2. The number of likely N-dealkylation sites (tertiary alicyclic amines) is 1. The van der Waals surface area contributed by atoms with E-state index < -0.39 is 19.0 Å². The Bertz CT molecular complexity index is 1070. The first-order valence-electron chi connectivity index (χ1n) is 9.74. The third kappa shape index (κ3) is 5.21. The minimum atomic E-state index is -2.77. The number of aromatic nitrogens is 3. The van der Waals surface area contributed by atoms with Crippen LogP contribution in [0.4, 0.5) is 19.9 Å². The number of fused-ring (bicyclic) bond motifs is 1. The Morgan fingerprint density at radius 2 is 1.97 bits per heavy atom. The third-order valence-corrected chi connectivity index (χ3v) is 6.50. The Labute approximate surface area is 186 Å². The fraction of sp³-hybridized carbons (Fsp3) is 0.400. The number of halogens is 2. The maximum atomic E-state index is 13.0. The number of alkyl halides is 2. The van der Waals surface area contributed by atoms with E-state index in [1.165, 1.54) is 11.3 Å². The molecule has 0 saturated carbocycles. The standard InChI is InChI=1S/C20H22F2N6OS2/c1-12(6-23-18-24-8-14(30-2)9-25-18)7-26-19-27-15-4-3-13(5-16(15)31-19)17(29)28-10-20(21,22)11-28/h3-5,8-9,12H,6-7,10-11H2,1-2H3,(H,26,27)(H,23,24,25)/t12-/m0/s1.